The van der Waals surface area contributed by atoms with Gasteiger partial charge in [-0.15, -0.1) is 0 Å². The molecule has 2 heteroatoms. The second-order valence-electron chi connectivity index (χ2n) is 3.69. The zero-order valence-corrected chi connectivity index (χ0v) is 9.05. The quantitative estimate of drug-likeness (QED) is 0.686. The van der Waals surface area contributed by atoms with Crippen molar-refractivity contribution in [2.45, 2.75) is 19.8 Å². The number of hydrogen-bond acceptors (Lipinski definition) is 1. The summed E-state index contributed by atoms with van der Waals surface area (Å²) in [6.07, 6.45) is 1.79. The molecule has 1 nitrogen and oxygen atoms in total. The summed E-state index contributed by atoms with van der Waals surface area (Å²) in [6, 6.07) is 8.01. The van der Waals surface area contributed by atoms with Crippen LogP contribution in [0.2, 0.25) is 5.02 Å². The van der Waals surface area contributed by atoms with Crippen molar-refractivity contribution in [2.75, 3.05) is 0 Å². The average Bonchev–Trinajstić information content (AvgIpc) is 2.18. The molecule has 0 radical (unpaired) electrons. The van der Waals surface area contributed by atoms with Crippen LogP contribution in [-0.2, 0) is 0 Å². The molecule has 0 unspecified atom stereocenters. The fourth-order valence-corrected chi connectivity index (χ4v) is 2.02. The summed E-state index contributed by atoms with van der Waals surface area (Å²) < 4.78 is 0. The van der Waals surface area contributed by atoms with Crippen molar-refractivity contribution in [3.8, 4) is 0 Å². The summed E-state index contributed by atoms with van der Waals surface area (Å²) in [5, 5.41) is 1.88. The maximum absolute atomic E-state index is 6.30. The lowest BCUT2D eigenvalue weighted by Gasteiger charge is -2.09. The first kappa shape index (κ1) is 9.47. The summed E-state index contributed by atoms with van der Waals surface area (Å²) in [5.41, 5.74) is 2.15. The number of hydrogen-bond donors (Lipinski definition) is 0. The third-order valence-electron chi connectivity index (χ3n) is 2.37. The van der Waals surface area contributed by atoms with E-state index >= 15 is 0 Å². The molecule has 0 atom stereocenters. The van der Waals surface area contributed by atoms with Crippen LogP contribution in [0.5, 0.6) is 0 Å². The van der Waals surface area contributed by atoms with Gasteiger partial charge in [0.1, 0.15) is 0 Å². The first-order valence-corrected chi connectivity index (χ1v) is 5.11. The number of benzene rings is 1. The minimum absolute atomic E-state index is 0.451. The Kier molecular flexibility index (Phi) is 2.42. The molecule has 1 aromatic carbocycles. The number of halogens is 1. The molecule has 1 heterocycles. The van der Waals surface area contributed by atoms with Gasteiger partial charge in [0.25, 0.3) is 0 Å². The minimum Gasteiger partial charge on any atom is -0.256 e. The lowest BCUT2D eigenvalue weighted by molar-refractivity contribution is 0.869. The van der Waals surface area contributed by atoms with Crippen LogP contribution >= 0.6 is 11.6 Å². The molecule has 14 heavy (non-hydrogen) atoms. The van der Waals surface area contributed by atoms with E-state index in [4.69, 9.17) is 11.6 Å². The van der Waals surface area contributed by atoms with Gasteiger partial charge in [-0.25, -0.2) is 0 Å². The highest BCUT2D eigenvalue weighted by atomic mass is 35.5. The van der Waals surface area contributed by atoms with Crippen molar-refractivity contribution in [3.05, 3.63) is 41.0 Å². The lowest BCUT2D eigenvalue weighted by Crippen LogP contribution is -1.90. The number of fused-ring (bicyclic) bond motifs is 1. The van der Waals surface area contributed by atoms with Crippen molar-refractivity contribution < 1.29 is 0 Å². The molecule has 0 N–H and O–H groups in total. The molecule has 0 saturated heterocycles. The first-order valence-electron chi connectivity index (χ1n) is 4.73. The number of rotatable bonds is 1. The van der Waals surface area contributed by atoms with Gasteiger partial charge >= 0.3 is 0 Å². The molecule has 0 bridgehead atoms. The van der Waals surface area contributed by atoms with Crippen molar-refractivity contribution in [3.63, 3.8) is 0 Å². The Morgan fingerprint density at radius 2 is 2.00 bits per heavy atom. The molecule has 2 rings (SSSR count). The van der Waals surface area contributed by atoms with Crippen LogP contribution in [0.25, 0.3) is 10.9 Å². The van der Waals surface area contributed by atoms with Crippen molar-refractivity contribution in [2.24, 2.45) is 0 Å². The number of nitrogens with zero attached hydrogens (tertiary/aromatic N) is 1. The smallest absolute Gasteiger partial charge is 0.0717 e. The van der Waals surface area contributed by atoms with Gasteiger partial charge in [0, 0.05) is 11.6 Å². The van der Waals surface area contributed by atoms with Crippen LogP contribution in [0, 0.1) is 0 Å². The van der Waals surface area contributed by atoms with E-state index in [1.165, 1.54) is 5.56 Å². The Labute approximate surface area is 88.7 Å². The number of pyridine rings is 1. The second-order valence-corrected chi connectivity index (χ2v) is 4.07. The zero-order valence-electron chi connectivity index (χ0n) is 8.29. The normalized spacial score (nSPS) is 11.1. The highest BCUT2D eigenvalue weighted by molar-refractivity contribution is 6.36. The van der Waals surface area contributed by atoms with E-state index in [1.54, 1.807) is 6.20 Å². The molecule has 2 aromatic rings. The largest absolute Gasteiger partial charge is 0.256 e. The summed E-state index contributed by atoms with van der Waals surface area (Å²) in [6.45, 7) is 4.28. The molecule has 0 aliphatic carbocycles. The van der Waals surface area contributed by atoms with Gasteiger partial charge in [-0.1, -0.05) is 31.5 Å². The Morgan fingerprint density at radius 3 is 2.71 bits per heavy atom. The van der Waals surface area contributed by atoms with E-state index in [9.17, 15) is 0 Å². The van der Waals surface area contributed by atoms with Crippen LogP contribution in [0.15, 0.2) is 30.5 Å². The Balaban J connectivity index is 2.75. The first-order chi connectivity index (χ1) is 6.70. The van der Waals surface area contributed by atoms with Gasteiger partial charge in [-0.05, 0) is 29.7 Å². The number of aromatic nitrogens is 1. The van der Waals surface area contributed by atoms with Crippen molar-refractivity contribution in [1.82, 2.24) is 4.98 Å². The zero-order chi connectivity index (χ0) is 10.1. The monoisotopic (exact) mass is 205 g/mol. The van der Waals surface area contributed by atoms with E-state index in [0.29, 0.717) is 5.92 Å². The Bertz CT molecular complexity index is 463. The summed E-state index contributed by atoms with van der Waals surface area (Å²) in [7, 11) is 0. The van der Waals surface area contributed by atoms with Gasteiger partial charge < -0.3 is 0 Å². The van der Waals surface area contributed by atoms with Crippen LogP contribution in [0.1, 0.15) is 25.3 Å². The van der Waals surface area contributed by atoms with E-state index in [-0.39, 0.29) is 0 Å². The van der Waals surface area contributed by atoms with Crippen LogP contribution < -0.4 is 0 Å². The maximum atomic E-state index is 6.30. The van der Waals surface area contributed by atoms with Crippen molar-refractivity contribution >= 4 is 22.5 Å². The van der Waals surface area contributed by atoms with E-state index in [1.807, 2.05) is 18.2 Å². The topological polar surface area (TPSA) is 12.9 Å². The lowest BCUT2D eigenvalue weighted by atomic mass is 10.0. The molecule has 0 aliphatic rings. The Hall–Kier alpha value is -1.08. The molecular weight excluding hydrogens is 194 g/mol. The summed E-state index contributed by atoms with van der Waals surface area (Å²) in [5.74, 6) is 0.451. The van der Waals surface area contributed by atoms with Gasteiger partial charge in [0.15, 0.2) is 0 Å². The predicted octanol–water partition coefficient (Wildman–Crippen LogP) is 4.01. The maximum Gasteiger partial charge on any atom is 0.0717 e. The molecular formula is C12H12ClN. The van der Waals surface area contributed by atoms with E-state index in [2.05, 4.69) is 24.9 Å². The van der Waals surface area contributed by atoms with Gasteiger partial charge in [0.05, 0.1) is 10.5 Å². The predicted molar refractivity (Wildman–Crippen MR) is 60.8 cm³/mol. The molecule has 1 aromatic heterocycles. The molecule has 0 amide bonds. The molecule has 0 fully saturated rings. The van der Waals surface area contributed by atoms with Crippen LogP contribution in [-0.4, -0.2) is 4.98 Å². The second kappa shape index (κ2) is 3.58. The summed E-state index contributed by atoms with van der Waals surface area (Å²) in [4.78, 5) is 4.26. The molecule has 0 aliphatic heterocycles. The fraction of sp³-hybridized carbons (Fsp3) is 0.250. The molecule has 72 valence electrons. The van der Waals surface area contributed by atoms with Crippen LogP contribution in [0.3, 0.4) is 0 Å². The third kappa shape index (κ3) is 1.48. The minimum atomic E-state index is 0.451. The summed E-state index contributed by atoms with van der Waals surface area (Å²) >= 11 is 6.30. The highest BCUT2D eigenvalue weighted by Crippen LogP contribution is 2.30. The standard InChI is InChI=1S/C12H12ClN/c1-8(2)9-5-6-11-10(12(9)13)4-3-7-14-11/h3-8H,1-2H3. The van der Waals surface area contributed by atoms with Gasteiger partial charge in [-0.3, -0.25) is 4.98 Å². The van der Waals surface area contributed by atoms with E-state index < -0.39 is 0 Å². The Morgan fingerprint density at radius 1 is 1.21 bits per heavy atom. The highest BCUT2D eigenvalue weighted by Gasteiger charge is 2.08. The molecule has 0 saturated carbocycles. The third-order valence-corrected chi connectivity index (χ3v) is 2.79. The average molecular weight is 206 g/mol. The van der Waals surface area contributed by atoms with Gasteiger partial charge in [0.2, 0.25) is 0 Å². The molecule has 0 spiro atoms. The van der Waals surface area contributed by atoms with Crippen LogP contribution in [0.4, 0.5) is 0 Å². The van der Waals surface area contributed by atoms with E-state index in [0.717, 1.165) is 15.9 Å². The van der Waals surface area contributed by atoms with Gasteiger partial charge in [-0.2, -0.15) is 0 Å². The van der Waals surface area contributed by atoms with Crippen molar-refractivity contribution in [1.29, 1.82) is 0 Å². The SMILES string of the molecule is CC(C)c1ccc2ncccc2c1Cl. The fourth-order valence-electron chi connectivity index (χ4n) is 1.58.